The van der Waals surface area contributed by atoms with Gasteiger partial charge in [-0.15, -0.1) is 34.0 Å². The van der Waals surface area contributed by atoms with E-state index in [4.69, 9.17) is 15.0 Å². The average molecular weight is 1620 g/mol. The molecule has 12 aromatic heterocycles. The van der Waals surface area contributed by atoms with E-state index in [1.807, 2.05) is 34.0 Å². The van der Waals surface area contributed by atoms with Gasteiger partial charge in [0.2, 0.25) is 0 Å². The van der Waals surface area contributed by atoms with Crippen LogP contribution in [-0.2, 0) is 0 Å². The van der Waals surface area contributed by atoms with E-state index in [0.717, 1.165) is 61.4 Å². The second kappa shape index (κ2) is 25.5. The SMILES string of the molecule is c1ccc(-n2c3ccccc3c3cc4c(cc32)c2cc3sc5ccccc5c3cc2c2nc3ccccc3n42)cc1.c1ccc(-n2c3ccccc3c3cc4c5c(ccc6c7ccccc7sc65)c5nc6ccccc6n5c4cc32)cc1.c1ccc(-n2c3ccccc3c3cc4c5cc6sc7ccccc7c6cc5c5nc6ccccc6n5c4cc32)cc1. The van der Waals surface area contributed by atoms with E-state index in [1.165, 1.54) is 197 Å². The Bertz CT molecular complexity index is 9860. The summed E-state index contributed by atoms with van der Waals surface area (Å²) >= 11 is 5.63. The summed E-state index contributed by atoms with van der Waals surface area (Å²) < 4.78 is 22.2. The van der Waals surface area contributed by atoms with Crippen molar-refractivity contribution in [2.45, 2.75) is 0 Å². The fourth-order valence-corrected chi connectivity index (χ4v) is 24.2. The summed E-state index contributed by atoms with van der Waals surface area (Å²) in [6, 6.07) is 139. The summed E-state index contributed by atoms with van der Waals surface area (Å²) in [4.78, 5) is 15.7. The summed E-state index contributed by atoms with van der Waals surface area (Å²) in [5.41, 5.74) is 23.8. The second-order valence-electron chi connectivity index (χ2n) is 32.4. The van der Waals surface area contributed by atoms with Crippen molar-refractivity contribution in [3.05, 3.63) is 382 Å². The molecule has 0 aliphatic carbocycles. The number of hydrogen-bond acceptors (Lipinski definition) is 6. The summed E-state index contributed by atoms with van der Waals surface area (Å²) in [5.74, 6) is 0. The number of hydrogen-bond donors (Lipinski definition) is 0. The number of nitrogens with zero attached hydrogens (tertiary/aromatic N) is 9. The topological polar surface area (TPSA) is 66.7 Å². The van der Waals surface area contributed by atoms with Crippen molar-refractivity contribution in [2.24, 2.45) is 0 Å². The molecule has 0 aliphatic heterocycles. The molecule has 12 heterocycles. The average Bonchev–Trinajstić information content (AvgIpc) is 1.56. The predicted molar refractivity (Wildman–Crippen MR) is 525 cm³/mol. The van der Waals surface area contributed by atoms with Crippen LogP contribution in [0.3, 0.4) is 0 Å². The van der Waals surface area contributed by atoms with Crippen LogP contribution in [0.5, 0.6) is 0 Å². The lowest BCUT2D eigenvalue weighted by Crippen LogP contribution is -1.95. The fourth-order valence-electron chi connectivity index (χ4n) is 20.7. The minimum absolute atomic E-state index is 1.01. The van der Waals surface area contributed by atoms with Gasteiger partial charge in [0.25, 0.3) is 0 Å². The molecule has 0 aliphatic rings. The predicted octanol–water partition coefficient (Wildman–Crippen LogP) is 30.8. The second-order valence-corrected chi connectivity index (χ2v) is 35.7. The van der Waals surface area contributed by atoms with E-state index in [1.54, 1.807) is 0 Å². The zero-order valence-corrected chi connectivity index (χ0v) is 68.1. The molecule has 30 rings (SSSR count). The van der Waals surface area contributed by atoms with Gasteiger partial charge >= 0.3 is 0 Å². The number of benzene rings is 18. The maximum Gasteiger partial charge on any atom is 0.146 e. The fraction of sp³-hybridized carbons (Fsp3) is 0. The van der Waals surface area contributed by atoms with Gasteiger partial charge < -0.3 is 13.7 Å². The van der Waals surface area contributed by atoms with Crippen molar-refractivity contribution >= 4 is 275 Å². The summed E-state index contributed by atoms with van der Waals surface area (Å²) in [6.45, 7) is 0. The number of para-hydroxylation sites is 12. The van der Waals surface area contributed by atoms with E-state index in [2.05, 4.69) is 409 Å². The van der Waals surface area contributed by atoms with E-state index < -0.39 is 0 Å². The minimum atomic E-state index is 1.01. The number of aromatic nitrogens is 9. The Hall–Kier alpha value is -15.6. The third-order valence-corrected chi connectivity index (χ3v) is 29.4. The summed E-state index contributed by atoms with van der Waals surface area (Å²) in [6.07, 6.45) is 0. The highest BCUT2D eigenvalue weighted by Gasteiger charge is 2.26. The van der Waals surface area contributed by atoms with E-state index in [-0.39, 0.29) is 0 Å². The molecule has 0 radical (unpaired) electrons. The minimum Gasteiger partial charge on any atom is -0.309 e. The molecule has 9 nitrogen and oxygen atoms in total. The first-order valence-corrected chi connectivity index (χ1v) is 44.2. The maximum absolute atomic E-state index is 5.23. The standard InChI is InChI=1S/3C37H21N3S/c1-2-10-22(11-3-1)39-31-15-7-4-12-23(31)26-19-34-27(20-33(26)39)25-21-36-28(24-13-5-9-17-35(24)41-36)18-29(25)37-38-30-14-6-8-16-32(30)40(34)37;1-2-10-22(11-3-1)39-31-15-7-4-12-23(31)26-18-27-25-20-36-28(24-13-5-9-17-35(24)41-36)19-29(25)37-38-30-14-6-8-16-32(30)40(37)34(27)21-33(26)39;1-2-10-22(11-3-1)39-30-15-7-4-12-23(30)27-20-28-33(21-32(27)39)40-31-16-8-6-14-29(31)38-37(40)26-19-18-25-24-13-5-9-17-34(24)41-36(25)35(26)28/h3*1-21H. The molecule has 0 N–H and O–H groups in total. The molecule has 0 saturated heterocycles. The first kappa shape index (κ1) is 67.3. The van der Waals surface area contributed by atoms with Gasteiger partial charge in [0.1, 0.15) is 16.9 Å². The highest BCUT2D eigenvalue weighted by atomic mass is 32.1. The van der Waals surface area contributed by atoms with Gasteiger partial charge in [-0.05, 0) is 187 Å². The highest BCUT2D eigenvalue weighted by molar-refractivity contribution is 7.27. The lowest BCUT2D eigenvalue weighted by molar-refractivity contribution is 1.18. The number of fused-ring (bicyclic) bond motifs is 43. The first-order chi connectivity index (χ1) is 61.0. The largest absolute Gasteiger partial charge is 0.309 e. The Kier molecular flexibility index (Phi) is 14.0. The number of thiophene rings is 3. The monoisotopic (exact) mass is 1620 g/mol. The van der Waals surface area contributed by atoms with Gasteiger partial charge in [0, 0.05) is 148 Å². The van der Waals surface area contributed by atoms with Crippen molar-refractivity contribution in [3.63, 3.8) is 0 Å². The Morgan fingerprint density at radius 3 is 0.919 bits per heavy atom. The van der Waals surface area contributed by atoms with Crippen molar-refractivity contribution in [3.8, 4) is 17.1 Å². The normalized spacial score (nSPS) is 12.4. The quantitative estimate of drug-likeness (QED) is 0.166. The van der Waals surface area contributed by atoms with Gasteiger partial charge in [-0.3, -0.25) is 13.2 Å². The smallest absolute Gasteiger partial charge is 0.146 e. The van der Waals surface area contributed by atoms with Crippen molar-refractivity contribution in [2.75, 3.05) is 0 Å². The molecule has 0 atom stereocenters. The van der Waals surface area contributed by atoms with Crippen LogP contribution in [0.4, 0.5) is 0 Å². The van der Waals surface area contributed by atoms with Gasteiger partial charge in [-0.2, -0.15) is 0 Å². The van der Waals surface area contributed by atoms with E-state index >= 15 is 0 Å². The summed E-state index contributed by atoms with van der Waals surface area (Å²) in [7, 11) is 0. The van der Waals surface area contributed by atoms with E-state index in [0.29, 0.717) is 0 Å². The zero-order valence-electron chi connectivity index (χ0n) is 65.6. The van der Waals surface area contributed by atoms with Crippen LogP contribution in [0.2, 0.25) is 0 Å². The molecule has 0 amide bonds. The first-order valence-electron chi connectivity index (χ1n) is 41.7. The Morgan fingerprint density at radius 1 is 0.163 bits per heavy atom. The van der Waals surface area contributed by atoms with Crippen molar-refractivity contribution < 1.29 is 0 Å². The van der Waals surface area contributed by atoms with Crippen LogP contribution in [0.1, 0.15) is 0 Å². The molecule has 570 valence electrons. The van der Waals surface area contributed by atoms with Crippen LogP contribution >= 0.6 is 34.0 Å². The molecule has 12 heteroatoms. The van der Waals surface area contributed by atoms with Crippen molar-refractivity contribution in [1.29, 1.82) is 0 Å². The molecule has 30 aromatic rings. The van der Waals surface area contributed by atoms with Gasteiger partial charge in [0.05, 0.1) is 82.8 Å². The van der Waals surface area contributed by atoms with Gasteiger partial charge in [-0.1, -0.05) is 206 Å². The third kappa shape index (κ3) is 9.56. The number of imidazole rings is 3. The lowest BCUT2D eigenvalue weighted by Gasteiger charge is -2.12. The molecular formula is C111H63N9S3. The van der Waals surface area contributed by atoms with Crippen LogP contribution in [-0.4, -0.2) is 41.9 Å². The molecule has 123 heavy (non-hydrogen) atoms. The maximum atomic E-state index is 5.23. The molecule has 18 aromatic carbocycles. The number of rotatable bonds is 3. The van der Waals surface area contributed by atoms with Crippen LogP contribution < -0.4 is 0 Å². The number of pyridine rings is 3. The third-order valence-electron chi connectivity index (χ3n) is 26.0. The van der Waals surface area contributed by atoms with Crippen LogP contribution in [0, 0.1) is 0 Å². The van der Waals surface area contributed by atoms with Gasteiger partial charge in [0.15, 0.2) is 0 Å². The highest BCUT2D eigenvalue weighted by Crippen LogP contribution is 2.50. The molecular weight excluding hydrogens is 1560 g/mol. The molecule has 0 unspecified atom stereocenters. The lowest BCUT2D eigenvalue weighted by atomic mass is 10.0. The Morgan fingerprint density at radius 2 is 0.463 bits per heavy atom. The molecule has 0 saturated carbocycles. The van der Waals surface area contributed by atoms with Crippen LogP contribution in [0.15, 0.2) is 382 Å². The van der Waals surface area contributed by atoms with Crippen molar-refractivity contribution in [1.82, 2.24) is 41.9 Å². The molecule has 0 spiro atoms. The molecule has 0 fully saturated rings. The summed E-state index contributed by atoms with van der Waals surface area (Å²) in [5, 5.41) is 26.5. The molecule has 0 bridgehead atoms. The van der Waals surface area contributed by atoms with E-state index in [9.17, 15) is 0 Å². The van der Waals surface area contributed by atoms with Crippen LogP contribution in [0.25, 0.3) is 258 Å². The Labute approximate surface area is 710 Å². The zero-order chi connectivity index (χ0) is 80.0. The van der Waals surface area contributed by atoms with Gasteiger partial charge in [-0.25, -0.2) is 15.0 Å². The Balaban J connectivity index is 0.0000000946.